The van der Waals surface area contributed by atoms with Crippen LogP contribution in [0.25, 0.3) is 0 Å². The summed E-state index contributed by atoms with van der Waals surface area (Å²) < 4.78 is 5.86. The van der Waals surface area contributed by atoms with Gasteiger partial charge >= 0.3 is 6.03 Å². The van der Waals surface area contributed by atoms with Crippen LogP contribution < -0.4 is 10.1 Å². The lowest BCUT2D eigenvalue weighted by molar-refractivity contribution is 0.221. The van der Waals surface area contributed by atoms with E-state index in [1.807, 2.05) is 41.3 Å². The van der Waals surface area contributed by atoms with E-state index in [2.05, 4.69) is 12.2 Å². The Balaban J connectivity index is 1.76. The van der Waals surface area contributed by atoms with Crippen molar-refractivity contribution >= 4 is 23.3 Å². The normalized spacial score (nSPS) is 17.1. The lowest BCUT2D eigenvalue weighted by atomic mass is 10.2. The van der Waals surface area contributed by atoms with Gasteiger partial charge in [0.25, 0.3) is 0 Å². The van der Waals surface area contributed by atoms with Crippen molar-refractivity contribution in [2.45, 2.75) is 13.3 Å². The molecule has 4 nitrogen and oxygen atoms in total. The van der Waals surface area contributed by atoms with E-state index in [0.717, 1.165) is 19.5 Å². The van der Waals surface area contributed by atoms with Crippen LogP contribution >= 0.6 is 11.6 Å². The molecule has 1 N–H and O–H groups in total. The number of rotatable bonds is 3. The third kappa shape index (κ3) is 3.77. The van der Waals surface area contributed by atoms with Crippen molar-refractivity contribution < 1.29 is 9.53 Å². The first-order chi connectivity index (χ1) is 11.1. The molecule has 0 spiro atoms. The van der Waals surface area contributed by atoms with Gasteiger partial charge in [-0.1, -0.05) is 42.8 Å². The Hall–Kier alpha value is -2.20. The monoisotopic (exact) mass is 330 g/mol. The quantitative estimate of drug-likeness (QED) is 0.859. The average Bonchev–Trinajstić information content (AvgIpc) is 2.98. The van der Waals surface area contributed by atoms with Crippen molar-refractivity contribution in [3.63, 3.8) is 0 Å². The number of amides is 2. The number of carbonyl (C=O) groups excluding carboxylic acids is 1. The van der Waals surface area contributed by atoms with Gasteiger partial charge in [0.2, 0.25) is 0 Å². The Labute approximate surface area is 141 Å². The van der Waals surface area contributed by atoms with Gasteiger partial charge in [0.15, 0.2) is 5.75 Å². The summed E-state index contributed by atoms with van der Waals surface area (Å²) in [4.78, 5) is 14.2. The Morgan fingerprint density at radius 2 is 1.87 bits per heavy atom. The van der Waals surface area contributed by atoms with E-state index in [1.54, 1.807) is 12.1 Å². The summed E-state index contributed by atoms with van der Waals surface area (Å²) in [5.74, 6) is 1.68. The van der Waals surface area contributed by atoms with Gasteiger partial charge in [0.1, 0.15) is 5.75 Å². The van der Waals surface area contributed by atoms with Gasteiger partial charge in [0, 0.05) is 13.1 Å². The fourth-order valence-electron chi connectivity index (χ4n) is 2.62. The number of hydrogen-bond donors (Lipinski definition) is 1. The van der Waals surface area contributed by atoms with Gasteiger partial charge in [-0.15, -0.1) is 0 Å². The zero-order chi connectivity index (χ0) is 16.2. The number of urea groups is 1. The molecule has 1 heterocycles. The van der Waals surface area contributed by atoms with Crippen molar-refractivity contribution in [1.29, 1.82) is 0 Å². The second kappa shape index (κ2) is 6.92. The summed E-state index contributed by atoms with van der Waals surface area (Å²) in [7, 11) is 0. The summed E-state index contributed by atoms with van der Waals surface area (Å²) in [6, 6.07) is 14.5. The van der Waals surface area contributed by atoms with E-state index >= 15 is 0 Å². The first kappa shape index (κ1) is 15.7. The average molecular weight is 331 g/mol. The number of benzene rings is 2. The minimum atomic E-state index is -0.0930. The fourth-order valence-corrected chi connectivity index (χ4v) is 2.79. The Bertz CT molecular complexity index is 705. The molecule has 1 saturated heterocycles. The molecule has 0 saturated carbocycles. The number of nitrogens with zero attached hydrogens (tertiary/aromatic N) is 1. The third-order valence-electron chi connectivity index (χ3n) is 3.90. The first-order valence-electron chi connectivity index (χ1n) is 7.71. The van der Waals surface area contributed by atoms with Crippen LogP contribution in [0.4, 0.5) is 10.5 Å². The molecule has 5 heteroatoms. The van der Waals surface area contributed by atoms with E-state index in [1.165, 1.54) is 0 Å². The van der Waals surface area contributed by atoms with Crippen molar-refractivity contribution in [1.82, 2.24) is 4.90 Å². The summed E-state index contributed by atoms with van der Waals surface area (Å²) in [5.41, 5.74) is 0.636. The molecule has 2 amide bonds. The predicted molar refractivity (Wildman–Crippen MR) is 92.3 cm³/mol. The van der Waals surface area contributed by atoms with Gasteiger partial charge in [-0.2, -0.15) is 0 Å². The van der Waals surface area contributed by atoms with Crippen LogP contribution in [0.5, 0.6) is 11.5 Å². The van der Waals surface area contributed by atoms with Gasteiger partial charge in [-0.05, 0) is 36.6 Å². The van der Waals surface area contributed by atoms with Gasteiger partial charge in [-0.3, -0.25) is 0 Å². The van der Waals surface area contributed by atoms with Crippen molar-refractivity contribution in [2.75, 3.05) is 18.4 Å². The summed E-state index contributed by atoms with van der Waals surface area (Å²) in [6.07, 6.45) is 1.05. The Morgan fingerprint density at radius 1 is 1.17 bits per heavy atom. The minimum absolute atomic E-state index is 0.0930. The van der Waals surface area contributed by atoms with Crippen LogP contribution in [-0.4, -0.2) is 24.0 Å². The Morgan fingerprint density at radius 3 is 2.57 bits per heavy atom. The van der Waals surface area contributed by atoms with E-state index in [4.69, 9.17) is 16.3 Å². The largest absolute Gasteiger partial charge is 0.454 e. The summed E-state index contributed by atoms with van der Waals surface area (Å²) in [5, 5.41) is 3.46. The molecule has 0 aliphatic carbocycles. The molecule has 2 aromatic rings. The smallest absolute Gasteiger partial charge is 0.321 e. The second-order valence-electron chi connectivity index (χ2n) is 5.80. The van der Waals surface area contributed by atoms with Crippen LogP contribution in [0.2, 0.25) is 5.02 Å². The molecule has 0 bridgehead atoms. The molecule has 0 radical (unpaired) electrons. The molecule has 1 unspecified atom stereocenters. The van der Waals surface area contributed by atoms with Gasteiger partial charge in [0.05, 0.1) is 10.7 Å². The Kier molecular flexibility index (Phi) is 4.72. The third-order valence-corrected chi connectivity index (χ3v) is 4.21. The van der Waals surface area contributed by atoms with Crippen LogP contribution in [0.1, 0.15) is 13.3 Å². The predicted octanol–water partition coefficient (Wildman–Crippen LogP) is 5.01. The second-order valence-corrected chi connectivity index (χ2v) is 6.21. The van der Waals surface area contributed by atoms with Crippen molar-refractivity contribution in [3.8, 4) is 11.5 Å². The standard InChI is InChI=1S/C18H19ClN2O2/c1-13-10-11-21(12-13)18(22)20-15-7-3-5-9-17(15)23-16-8-4-2-6-14(16)19/h2-9,13H,10-12H2,1H3,(H,20,22). The summed E-state index contributed by atoms with van der Waals surface area (Å²) in [6.45, 7) is 3.74. The maximum atomic E-state index is 12.4. The maximum Gasteiger partial charge on any atom is 0.321 e. The fraction of sp³-hybridized carbons (Fsp3) is 0.278. The van der Waals surface area contributed by atoms with Crippen LogP contribution in [0.15, 0.2) is 48.5 Å². The molecule has 0 aromatic heterocycles. The molecule has 2 aromatic carbocycles. The number of ether oxygens (including phenoxy) is 1. The number of para-hydroxylation sites is 3. The lowest BCUT2D eigenvalue weighted by Crippen LogP contribution is -2.32. The number of anilines is 1. The number of nitrogens with one attached hydrogen (secondary N) is 1. The van der Waals surface area contributed by atoms with Crippen LogP contribution in [0.3, 0.4) is 0 Å². The van der Waals surface area contributed by atoms with E-state index < -0.39 is 0 Å². The highest BCUT2D eigenvalue weighted by atomic mass is 35.5. The molecule has 120 valence electrons. The molecule has 23 heavy (non-hydrogen) atoms. The van der Waals surface area contributed by atoms with E-state index in [0.29, 0.717) is 28.1 Å². The summed E-state index contributed by atoms with van der Waals surface area (Å²) >= 11 is 6.13. The van der Waals surface area contributed by atoms with Crippen molar-refractivity contribution in [3.05, 3.63) is 53.6 Å². The lowest BCUT2D eigenvalue weighted by Gasteiger charge is -2.18. The molecular formula is C18H19ClN2O2. The molecule has 1 aliphatic rings. The topological polar surface area (TPSA) is 41.6 Å². The van der Waals surface area contributed by atoms with Gasteiger partial charge < -0.3 is 15.0 Å². The van der Waals surface area contributed by atoms with Crippen LogP contribution in [-0.2, 0) is 0 Å². The minimum Gasteiger partial charge on any atom is -0.454 e. The molecule has 1 fully saturated rings. The highest BCUT2D eigenvalue weighted by Gasteiger charge is 2.23. The molecule has 3 rings (SSSR count). The number of carbonyl (C=O) groups is 1. The highest BCUT2D eigenvalue weighted by molar-refractivity contribution is 6.32. The maximum absolute atomic E-state index is 12.4. The number of halogens is 1. The molecule has 1 atom stereocenters. The molecule has 1 aliphatic heterocycles. The van der Waals surface area contributed by atoms with Gasteiger partial charge in [-0.25, -0.2) is 4.79 Å². The number of likely N-dealkylation sites (tertiary alicyclic amines) is 1. The SMILES string of the molecule is CC1CCN(C(=O)Nc2ccccc2Oc2ccccc2Cl)C1. The van der Waals surface area contributed by atoms with Crippen molar-refractivity contribution in [2.24, 2.45) is 5.92 Å². The van der Waals surface area contributed by atoms with E-state index in [-0.39, 0.29) is 6.03 Å². The molecular weight excluding hydrogens is 312 g/mol. The zero-order valence-corrected chi connectivity index (χ0v) is 13.7. The van der Waals surface area contributed by atoms with Crippen LogP contribution in [0, 0.1) is 5.92 Å². The first-order valence-corrected chi connectivity index (χ1v) is 8.08. The number of hydrogen-bond acceptors (Lipinski definition) is 2. The zero-order valence-electron chi connectivity index (χ0n) is 13.0. The highest BCUT2D eigenvalue weighted by Crippen LogP contribution is 2.33. The van der Waals surface area contributed by atoms with E-state index in [9.17, 15) is 4.79 Å².